The Morgan fingerprint density at radius 2 is 2.05 bits per heavy atom. The Kier molecular flexibility index (Phi) is 11.7. The van der Waals surface area contributed by atoms with Gasteiger partial charge in [-0.25, -0.2) is 0 Å². The second-order valence-corrected chi connectivity index (χ2v) is 6.54. The molecule has 3 N–H and O–H groups in total. The second kappa shape index (κ2) is 11.7. The average Bonchev–Trinajstić information content (AvgIpc) is 2.34. The Bertz CT molecular complexity index is 413. The molecule has 0 spiro atoms. The predicted octanol–water partition coefficient (Wildman–Crippen LogP) is 4.25. The van der Waals surface area contributed by atoms with Gasteiger partial charge in [-0.15, -0.1) is 35.7 Å². The molecule has 0 aliphatic heterocycles. The standard InChI is InChI=1S/C14H22BrN3S.HI/c1-11(2)18-14(16)17-9-5-6-10-19-13-8-4-3-7-12(13)15;/h3-4,7-8,11H,5-6,9-10H2,1-2H3,(H3,16,17,18);1H. The summed E-state index contributed by atoms with van der Waals surface area (Å²) in [5.41, 5.74) is 5.73. The Morgan fingerprint density at radius 1 is 1.35 bits per heavy atom. The van der Waals surface area contributed by atoms with E-state index in [0.29, 0.717) is 12.0 Å². The molecule has 0 aromatic heterocycles. The summed E-state index contributed by atoms with van der Waals surface area (Å²) in [6.45, 7) is 4.90. The fourth-order valence-electron chi connectivity index (χ4n) is 1.50. The molecule has 0 atom stereocenters. The van der Waals surface area contributed by atoms with Crippen LogP contribution >= 0.6 is 51.7 Å². The topological polar surface area (TPSA) is 50.4 Å². The summed E-state index contributed by atoms with van der Waals surface area (Å²) >= 11 is 5.43. The number of guanidine groups is 1. The summed E-state index contributed by atoms with van der Waals surface area (Å²) in [5.74, 6) is 1.66. The van der Waals surface area contributed by atoms with Crippen LogP contribution < -0.4 is 11.1 Å². The van der Waals surface area contributed by atoms with E-state index in [4.69, 9.17) is 5.73 Å². The minimum Gasteiger partial charge on any atom is -0.370 e. The lowest BCUT2D eigenvalue weighted by Crippen LogP contribution is -2.36. The summed E-state index contributed by atoms with van der Waals surface area (Å²) in [4.78, 5) is 5.59. The molecule has 1 rings (SSSR count). The van der Waals surface area contributed by atoms with E-state index in [2.05, 4.69) is 58.3 Å². The number of hydrogen-bond donors (Lipinski definition) is 2. The van der Waals surface area contributed by atoms with Gasteiger partial charge in [0.1, 0.15) is 0 Å². The lowest BCUT2D eigenvalue weighted by atomic mass is 10.3. The molecule has 0 heterocycles. The number of halogens is 2. The van der Waals surface area contributed by atoms with Gasteiger partial charge in [0.05, 0.1) is 0 Å². The van der Waals surface area contributed by atoms with E-state index in [9.17, 15) is 0 Å². The fraction of sp³-hybridized carbons (Fsp3) is 0.500. The zero-order valence-electron chi connectivity index (χ0n) is 11.9. The minimum absolute atomic E-state index is 0. The summed E-state index contributed by atoms with van der Waals surface area (Å²) in [6, 6.07) is 8.65. The van der Waals surface area contributed by atoms with E-state index in [1.165, 1.54) is 9.37 Å². The van der Waals surface area contributed by atoms with Gasteiger partial charge in [0.25, 0.3) is 0 Å². The number of rotatable bonds is 7. The number of aliphatic imine (C=N–C) groups is 1. The van der Waals surface area contributed by atoms with Crippen molar-refractivity contribution in [3.63, 3.8) is 0 Å². The Balaban J connectivity index is 0.00000361. The van der Waals surface area contributed by atoms with Crippen LogP contribution in [-0.4, -0.2) is 24.3 Å². The summed E-state index contributed by atoms with van der Waals surface area (Å²) < 4.78 is 1.17. The highest BCUT2D eigenvalue weighted by atomic mass is 127. The van der Waals surface area contributed by atoms with E-state index >= 15 is 0 Å². The van der Waals surface area contributed by atoms with Gasteiger partial charge in [-0.3, -0.25) is 4.99 Å². The third kappa shape index (κ3) is 9.07. The highest BCUT2D eigenvalue weighted by molar-refractivity contribution is 14.0. The van der Waals surface area contributed by atoms with Gasteiger partial charge in [0.2, 0.25) is 0 Å². The maximum Gasteiger partial charge on any atom is 0.188 e. The highest BCUT2D eigenvalue weighted by Crippen LogP contribution is 2.27. The largest absolute Gasteiger partial charge is 0.370 e. The van der Waals surface area contributed by atoms with E-state index in [0.717, 1.165) is 25.1 Å². The maximum atomic E-state index is 5.73. The molecule has 20 heavy (non-hydrogen) atoms. The van der Waals surface area contributed by atoms with Crippen molar-refractivity contribution >= 4 is 57.6 Å². The van der Waals surface area contributed by atoms with E-state index in [-0.39, 0.29) is 24.0 Å². The normalized spacial score (nSPS) is 11.3. The fourth-order valence-corrected chi connectivity index (χ4v) is 3.08. The highest BCUT2D eigenvalue weighted by Gasteiger charge is 1.99. The predicted molar refractivity (Wildman–Crippen MR) is 104 cm³/mol. The van der Waals surface area contributed by atoms with Crippen molar-refractivity contribution in [3.8, 4) is 0 Å². The third-order valence-electron chi connectivity index (χ3n) is 2.37. The van der Waals surface area contributed by atoms with Gasteiger partial charge in [0.15, 0.2) is 5.96 Å². The van der Waals surface area contributed by atoms with Crippen LogP contribution in [-0.2, 0) is 0 Å². The van der Waals surface area contributed by atoms with Crippen LogP contribution in [0, 0.1) is 0 Å². The van der Waals surface area contributed by atoms with Gasteiger partial charge >= 0.3 is 0 Å². The average molecular weight is 472 g/mol. The monoisotopic (exact) mass is 471 g/mol. The molecule has 6 heteroatoms. The van der Waals surface area contributed by atoms with E-state index in [1.54, 1.807) is 0 Å². The molecule has 0 aliphatic carbocycles. The van der Waals surface area contributed by atoms with Crippen molar-refractivity contribution < 1.29 is 0 Å². The molecule has 3 nitrogen and oxygen atoms in total. The molecule has 0 amide bonds. The Labute approximate surface area is 151 Å². The first-order valence-electron chi connectivity index (χ1n) is 6.53. The smallest absolute Gasteiger partial charge is 0.188 e. The number of thioether (sulfide) groups is 1. The molecular weight excluding hydrogens is 449 g/mol. The lowest BCUT2D eigenvalue weighted by molar-refractivity contribution is 0.718. The third-order valence-corrected chi connectivity index (χ3v) is 4.48. The van der Waals surface area contributed by atoms with E-state index < -0.39 is 0 Å². The van der Waals surface area contributed by atoms with E-state index in [1.807, 2.05) is 17.8 Å². The molecule has 0 bridgehead atoms. The molecule has 0 radical (unpaired) electrons. The lowest BCUT2D eigenvalue weighted by Gasteiger charge is -2.08. The molecule has 0 fully saturated rings. The molecule has 1 aromatic carbocycles. The number of hydrogen-bond acceptors (Lipinski definition) is 2. The van der Waals surface area contributed by atoms with Crippen LogP contribution in [0.25, 0.3) is 0 Å². The molecule has 0 aliphatic rings. The zero-order valence-corrected chi connectivity index (χ0v) is 16.7. The number of benzene rings is 1. The minimum atomic E-state index is 0. The maximum absolute atomic E-state index is 5.73. The molecule has 114 valence electrons. The van der Waals surface area contributed by atoms with Crippen molar-refractivity contribution in [3.05, 3.63) is 28.7 Å². The molecule has 0 unspecified atom stereocenters. The first kappa shape index (κ1) is 20.1. The van der Waals surface area contributed by atoms with Gasteiger partial charge in [-0.05, 0) is 60.5 Å². The molecule has 0 saturated heterocycles. The van der Waals surface area contributed by atoms with Crippen molar-refractivity contribution in [1.29, 1.82) is 0 Å². The van der Waals surface area contributed by atoms with Crippen molar-refractivity contribution in [2.24, 2.45) is 10.7 Å². The first-order valence-corrected chi connectivity index (χ1v) is 8.31. The van der Waals surface area contributed by atoms with Crippen LogP contribution in [0.4, 0.5) is 0 Å². The van der Waals surface area contributed by atoms with Crippen LogP contribution in [0.2, 0.25) is 0 Å². The Hall–Kier alpha value is 0.0500. The summed E-state index contributed by atoms with van der Waals surface area (Å²) in [6.07, 6.45) is 2.21. The van der Waals surface area contributed by atoms with Gasteiger partial charge < -0.3 is 11.1 Å². The van der Waals surface area contributed by atoms with Crippen LogP contribution in [0.5, 0.6) is 0 Å². The molecule has 1 aromatic rings. The SMILES string of the molecule is CC(C)NC(N)=NCCCCSc1ccccc1Br.I. The first-order chi connectivity index (χ1) is 9.09. The van der Waals surface area contributed by atoms with Crippen molar-refractivity contribution in [1.82, 2.24) is 5.32 Å². The number of unbranched alkanes of at least 4 members (excludes halogenated alkanes) is 1. The van der Waals surface area contributed by atoms with Gasteiger partial charge in [-0.2, -0.15) is 0 Å². The van der Waals surface area contributed by atoms with Crippen LogP contribution in [0.15, 0.2) is 38.6 Å². The molecular formula is C14H23BrIN3S. The van der Waals surface area contributed by atoms with Crippen LogP contribution in [0.1, 0.15) is 26.7 Å². The van der Waals surface area contributed by atoms with Crippen molar-refractivity contribution in [2.45, 2.75) is 37.6 Å². The quantitative estimate of drug-likeness (QED) is 0.205. The second-order valence-electron chi connectivity index (χ2n) is 4.55. The zero-order chi connectivity index (χ0) is 14.1. The van der Waals surface area contributed by atoms with Gasteiger partial charge in [-0.1, -0.05) is 12.1 Å². The summed E-state index contributed by atoms with van der Waals surface area (Å²) in [5, 5.41) is 3.08. The number of nitrogens with one attached hydrogen (secondary N) is 1. The number of nitrogens with zero attached hydrogens (tertiary/aromatic N) is 1. The Morgan fingerprint density at radius 3 is 2.70 bits per heavy atom. The van der Waals surface area contributed by atoms with Gasteiger partial charge in [0, 0.05) is 22.0 Å². The molecule has 0 saturated carbocycles. The summed E-state index contributed by atoms with van der Waals surface area (Å²) in [7, 11) is 0. The van der Waals surface area contributed by atoms with Crippen LogP contribution in [0.3, 0.4) is 0 Å². The van der Waals surface area contributed by atoms with Crippen molar-refractivity contribution in [2.75, 3.05) is 12.3 Å². The number of nitrogens with two attached hydrogens (primary N) is 1.